The SMILES string of the molecule is CON(C(=O)C1NCCC1=N)c1ccc2ncccc2c1. The zero-order valence-electron chi connectivity index (χ0n) is 11.7. The number of benzene rings is 1. The third-order valence-corrected chi connectivity index (χ3v) is 3.54. The predicted octanol–water partition coefficient (Wildman–Crippen LogP) is 1.51. The van der Waals surface area contributed by atoms with Gasteiger partial charge in [-0.1, -0.05) is 6.07 Å². The van der Waals surface area contributed by atoms with Gasteiger partial charge in [0.05, 0.1) is 18.3 Å². The summed E-state index contributed by atoms with van der Waals surface area (Å²) in [5.41, 5.74) is 1.88. The van der Waals surface area contributed by atoms with Crippen molar-refractivity contribution in [3.63, 3.8) is 0 Å². The van der Waals surface area contributed by atoms with Crippen LogP contribution in [0.2, 0.25) is 0 Å². The fourth-order valence-corrected chi connectivity index (χ4v) is 2.48. The maximum atomic E-state index is 12.5. The largest absolute Gasteiger partial charge is 0.307 e. The Morgan fingerprint density at radius 2 is 2.33 bits per heavy atom. The van der Waals surface area contributed by atoms with Crippen molar-refractivity contribution in [3.8, 4) is 0 Å². The van der Waals surface area contributed by atoms with Crippen LogP contribution in [0.5, 0.6) is 0 Å². The van der Waals surface area contributed by atoms with Gasteiger partial charge < -0.3 is 10.7 Å². The highest BCUT2D eigenvalue weighted by molar-refractivity contribution is 6.13. The van der Waals surface area contributed by atoms with Crippen LogP contribution in [0.1, 0.15) is 6.42 Å². The van der Waals surface area contributed by atoms with Gasteiger partial charge in [0.1, 0.15) is 6.04 Å². The molecule has 1 saturated heterocycles. The lowest BCUT2D eigenvalue weighted by Gasteiger charge is -2.23. The Hall–Kier alpha value is -2.31. The van der Waals surface area contributed by atoms with Crippen molar-refractivity contribution >= 4 is 28.2 Å². The van der Waals surface area contributed by atoms with E-state index in [0.29, 0.717) is 24.4 Å². The van der Waals surface area contributed by atoms with Gasteiger partial charge in [-0.25, -0.2) is 0 Å². The second-order valence-corrected chi connectivity index (χ2v) is 4.86. The number of nitrogens with one attached hydrogen (secondary N) is 2. The van der Waals surface area contributed by atoms with E-state index in [1.165, 1.54) is 12.2 Å². The molecular formula is C15H16N4O2. The Bertz CT molecular complexity index is 701. The third kappa shape index (κ3) is 2.51. The molecular weight excluding hydrogens is 268 g/mol. The number of amides is 1. The second-order valence-electron chi connectivity index (χ2n) is 4.86. The van der Waals surface area contributed by atoms with E-state index < -0.39 is 6.04 Å². The number of carbonyl (C=O) groups is 1. The first-order valence-corrected chi connectivity index (χ1v) is 6.74. The van der Waals surface area contributed by atoms with Gasteiger partial charge in [-0.15, -0.1) is 0 Å². The molecule has 0 aliphatic carbocycles. The van der Waals surface area contributed by atoms with Crippen LogP contribution in [0, 0.1) is 5.41 Å². The van der Waals surface area contributed by atoms with Crippen molar-refractivity contribution in [2.75, 3.05) is 18.7 Å². The first kappa shape index (κ1) is 13.7. The van der Waals surface area contributed by atoms with E-state index in [0.717, 1.165) is 10.9 Å². The molecule has 1 fully saturated rings. The number of anilines is 1. The number of nitrogens with zero attached hydrogens (tertiary/aromatic N) is 2. The Morgan fingerprint density at radius 3 is 3.05 bits per heavy atom. The van der Waals surface area contributed by atoms with Crippen LogP contribution in [-0.2, 0) is 9.63 Å². The minimum atomic E-state index is -0.602. The summed E-state index contributed by atoms with van der Waals surface area (Å²) in [6.07, 6.45) is 2.32. The molecule has 6 heteroatoms. The van der Waals surface area contributed by atoms with E-state index in [-0.39, 0.29) is 5.91 Å². The molecule has 1 amide bonds. The van der Waals surface area contributed by atoms with Gasteiger partial charge >= 0.3 is 0 Å². The zero-order chi connectivity index (χ0) is 14.8. The summed E-state index contributed by atoms with van der Waals surface area (Å²) in [5, 5.41) is 13.0. The van der Waals surface area contributed by atoms with E-state index in [2.05, 4.69) is 10.3 Å². The fraction of sp³-hybridized carbons (Fsp3) is 0.267. The smallest absolute Gasteiger partial charge is 0.273 e. The summed E-state index contributed by atoms with van der Waals surface area (Å²) in [5.74, 6) is -0.275. The van der Waals surface area contributed by atoms with Crippen LogP contribution in [0.4, 0.5) is 5.69 Å². The number of aromatic nitrogens is 1. The fourth-order valence-electron chi connectivity index (χ4n) is 2.48. The quantitative estimate of drug-likeness (QED) is 0.837. The summed E-state index contributed by atoms with van der Waals surface area (Å²) in [7, 11) is 1.45. The number of hydrogen-bond donors (Lipinski definition) is 2. The molecule has 2 heterocycles. The van der Waals surface area contributed by atoms with Crippen LogP contribution in [0.15, 0.2) is 36.5 Å². The Balaban J connectivity index is 1.94. The summed E-state index contributed by atoms with van der Waals surface area (Å²) >= 11 is 0. The maximum absolute atomic E-state index is 12.5. The van der Waals surface area contributed by atoms with Crippen molar-refractivity contribution in [1.29, 1.82) is 5.41 Å². The lowest BCUT2D eigenvalue weighted by Crippen LogP contribution is -2.46. The normalized spacial score (nSPS) is 18.1. The molecule has 1 aliphatic rings. The monoisotopic (exact) mass is 284 g/mol. The first-order chi connectivity index (χ1) is 10.2. The molecule has 108 valence electrons. The molecule has 21 heavy (non-hydrogen) atoms. The van der Waals surface area contributed by atoms with Crippen LogP contribution in [0.25, 0.3) is 10.9 Å². The van der Waals surface area contributed by atoms with E-state index >= 15 is 0 Å². The van der Waals surface area contributed by atoms with E-state index in [1.54, 1.807) is 12.3 Å². The van der Waals surface area contributed by atoms with E-state index in [1.807, 2.05) is 24.3 Å². The van der Waals surface area contributed by atoms with Gasteiger partial charge in [-0.05, 0) is 30.7 Å². The number of pyridine rings is 1. The Labute approximate surface area is 122 Å². The molecule has 6 nitrogen and oxygen atoms in total. The van der Waals surface area contributed by atoms with Gasteiger partial charge in [0.25, 0.3) is 5.91 Å². The van der Waals surface area contributed by atoms with E-state index in [4.69, 9.17) is 10.2 Å². The number of hydroxylamine groups is 1. The lowest BCUT2D eigenvalue weighted by molar-refractivity contribution is -0.125. The van der Waals surface area contributed by atoms with Crippen LogP contribution >= 0.6 is 0 Å². The van der Waals surface area contributed by atoms with Crippen LogP contribution in [0.3, 0.4) is 0 Å². The van der Waals surface area contributed by atoms with Crippen molar-refractivity contribution in [2.45, 2.75) is 12.5 Å². The van der Waals surface area contributed by atoms with Gasteiger partial charge in [0.2, 0.25) is 0 Å². The minimum absolute atomic E-state index is 0.275. The summed E-state index contributed by atoms with van der Waals surface area (Å²) < 4.78 is 0. The van der Waals surface area contributed by atoms with Gasteiger partial charge in [-0.2, -0.15) is 5.06 Å². The molecule has 0 saturated carbocycles. The molecule has 2 N–H and O–H groups in total. The number of carbonyl (C=O) groups excluding carboxylic acids is 1. The zero-order valence-corrected chi connectivity index (χ0v) is 11.7. The average Bonchev–Trinajstić information content (AvgIpc) is 2.94. The van der Waals surface area contributed by atoms with Crippen molar-refractivity contribution in [3.05, 3.63) is 36.5 Å². The predicted molar refractivity (Wildman–Crippen MR) is 80.4 cm³/mol. The molecule has 0 radical (unpaired) electrons. The van der Waals surface area contributed by atoms with Gasteiger partial charge in [0, 0.05) is 23.8 Å². The summed E-state index contributed by atoms with van der Waals surface area (Å²) in [6.45, 7) is 0.647. The standard InChI is InChI=1S/C15H16N4O2/c1-21-19(15(20)14-12(16)6-8-18-14)11-4-5-13-10(9-11)3-2-7-17-13/h2-5,7,9,14,16,18H,6,8H2,1H3. The molecule has 1 aromatic heterocycles. The van der Waals surface area contributed by atoms with Gasteiger partial charge in [-0.3, -0.25) is 14.6 Å². The topological polar surface area (TPSA) is 78.3 Å². The molecule has 1 aromatic carbocycles. The molecule has 0 spiro atoms. The number of rotatable bonds is 3. The molecule has 2 aromatic rings. The molecule has 1 atom stereocenters. The van der Waals surface area contributed by atoms with Crippen molar-refractivity contribution in [2.24, 2.45) is 0 Å². The first-order valence-electron chi connectivity index (χ1n) is 6.74. The van der Waals surface area contributed by atoms with Gasteiger partial charge in [0.15, 0.2) is 0 Å². The summed E-state index contributed by atoms with van der Waals surface area (Å²) in [4.78, 5) is 22.0. The second kappa shape index (κ2) is 5.59. The van der Waals surface area contributed by atoms with E-state index in [9.17, 15) is 4.79 Å². The highest BCUT2D eigenvalue weighted by atomic mass is 16.7. The highest BCUT2D eigenvalue weighted by Crippen LogP contribution is 2.22. The maximum Gasteiger partial charge on any atom is 0.273 e. The Morgan fingerprint density at radius 1 is 1.48 bits per heavy atom. The highest BCUT2D eigenvalue weighted by Gasteiger charge is 2.32. The average molecular weight is 284 g/mol. The molecule has 0 bridgehead atoms. The Kier molecular flexibility index (Phi) is 3.64. The number of hydrogen-bond acceptors (Lipinski definition) is 5. The van der Waals surface area contributed by atoms with Crippen molar-refractivity contribution in [1.82, 2.24) is 10.3 Å². The van der Waals surface area contributed by atoms with Crippen molar-refractivity contribution < 1.29 is 9.63 Å². The molecule has 1 unspecified atom stereocenters. The lowest BCUT2D eigenvalue weighted by atomic mass is 10.1. The number of fused-ring (bicyclic) bond motifs is 1. The molecule has 3 rings (SSSR count). The van der Waals surface area contributed by atoms with Crippen LogP contribution < -0.4 is 10.4 Å². The summed E-state index contributed by atoms with van der Waals surface area (Å²) in [6, 6.07) is 8.66. The minimum Gasteiger partial charge on any atom is -0.307 e. The van der Waals surface area contributed by atoms with Crippen LogP contribution in [-0.4, -0.2) is 36.3 Å². The molecule has 1 aliphatic heterocycles. The third-order valence-electron chi connectivity index (χ3n) is 3.54.